The van der Waals surface area contributed by atoms with Gasteiger partial charge in [-0.2, -0.15) is 0 Å². The number of hydrogen-bond donors (Lipinski definition) is 0. The normalized spacial score (nSPS) is 17.3. The van der Waals surface area contributed by atoms with E-state index in [1.165, 1.54) is 19.3 Å². The topological polar surface area (TPSA) is 20.3 Å². The fourth-order valence-corrected chi connectivity index (χ4v) is 1.81. The molecular formula is C12H25NO. The Kier molecular flexibility index (Phi) is 7.54. The maximum absolute atomic E-state index is 11.3. The lowest BCUT2D eigenvalue weighted by Gasteiger charge is -2.31. The molecule has 1 saturated heterocycles. The highest BCUT2D eigenvalue weighted by molar-refractivity contribution is 5.75. The summed E-state index contributed by atoms with van der Waals surface area (Å²) in [4.78, 5) is 13.3. The second-order valence-electron chi connectivity index (χ2n) is 3.59. The van der Waals surface area contributed by atoms with Crippen molar-refractivity contribution in [2.24, 2.45) is 5.92 Å². The number of rotatable bonds is 2. The molecule has 1 aliphatic heterocycles. The molecular weight excluding hydrogens is 174 g/mol. The van der Waals surface area contributed by atoms with Crippen molar-refractivity contribution in [1.29, 1.82) is 0 Å². The van der Waals surface area contributed by atoms with Crippen LogP contribution in [0.1, 0.15) is 53.4 Å². The molecule has 2 heteroatoms. The zero-order valence-electron chi connectivity index (χ0n) is 10.2. The molecule has 0 radical (unpaired) electrons. The first-order valence-corrected chi connectivity index (χ1v) is 6.05. The zero-order valence-corrected chi connectivity index (χ0v) is 10.2. The smallest absolute Gasteiger partial charge is 0.222 e. The van der Waals surface area contributed by atoms with Gasteiger partial charge in [0.1, 0.15) is 0 Å². The minimum Gasteiger partial charge on any atom is -0.343 e. The highest BCUT2D eigenvalue weighted by Crippen LogP contribution is 2.19. The Hall–Kier alpha value is -0.530. The quantitative estimate of drug-likeness (QED) is 0.669. The fraction of sp³-hybridized carbons (Fsp3) is 0.917. The average Bonchev–Trinajstić information content (AvgIpc) is 2.31. The number of nitrogens with zero attached hydrogens (tertiary/aromatic N) is 1. The van der Waals surface area contributed by atoms with Crippen LogP contribution in [0.2, 0.25) is 0 Å². The summed E-state index contributed by atoms with van der Waals surface area (Å²) in [5.41, 5.74) is 0. The second-order valence-corrected chi connectivity index (χ2v) is 3.59. The van der Waals surface area contributed by atoms with Gasteiger partial charge >= 0.3 is 0 Å². The summed E-state index contributed by atoms with van der Waals surface area (Å²) in [6.45, 7) is 10.2. The highest BCUT2D eigenvalue weighted by Gasteiger charge is 2.19. The van der Waals surface area contributed by atoms with Crippen LogP contribution in [0.15, 0.2) is 0 Å². The maximum atomic E-state index is 11.3. The van der Waals surface area contributed by atoms with Crippen LogP contribution >= 0.6 is 0 Å². The molecule has 84 valence electrons. The number of piperidine rings is 1. The van der Waals surface area contributed by atoms with Gasteiger partial charge in [0.15, 0.2) is 0 Å². The number of likely N-dealkylation sites (tertiary alicyclic amines) is 1. The number of carbonyl (C=O) groups excluding carboxylic acids is 1. The lowest BCUT2D eigenvalue weighted by Crippen LogP contribution is -2.37. The van der Waals surface area contributed by atoms with E-state index in [1.807, 2.05) is 25.7 Å². The summed E-state index contributed by atoms with van der Waals surface area (Å²) in [5, 5.41) is 0. The van der Waals surface area contributed by atoms with Crippen molar-refractivity contribution < 1.29 is 4.79 Å². The Labute approximate surface area is 88.7 Å². The predicted molar refractivity (Wildman–Crippen MR) is 61.2 cm³/mol. The molecule has 0 atom stereocenters. The second kappa shape index (κ2) is 7.84. The van der Waals surface area contributed by atoms with Gasteiger partial charge in [0, 0.05) is 19.5 Å². The third-order valence-electron chi connectivity index (χ3n) is 2.85. The van der Waals surface area contributed by atoms with Gasteiger partial charge in [-0.05, 0) is 18.8 Å². The summed E-state index contributed by atoms with van der Waals surface area (Å²) in [6, 6.07) is 0. The van der Waals surface area contributed by atoms with Crippen LogP contribution in [-0.4, -0.2) is 23.9 Å². The van der Waals surface area contributed by atoms with E-state index in [2.05, 4.69) is 6.92 Å². The van der Waals surface area contributed by atoms with Crippen molar-refractivity contribution in [3.63, 3.8) is 0 Å². The van der Waals surface area contributed by atoms with E-state index in [1.54, 1.807) is 0 Å². The van der Waals surface area contributed by atoms with Gasteiger partial charge in [0.2, 0.25) is 5.91 Å². The monoisotopic (exact) mass is 199 g/mol. The van der Waals surface area contributed by atoms with E-state index in [0.717, 1.165) is 19.0 Å². The Balaban J connectivity index is 0.000000791. The van der Waals surface area contributed by atoms with Gasteiger partial charge in [0.05, 0.1) is 0 Å². The molecule has 14 heavy (non-hydrogen) atoms. The minimum absolute atomic E-state index is 0.324. The molecule has 0 aliphatic carbocycles. The molecule has 0 unspecified atom stereocenters. The van der Waals surface area contributed by atoms with E-state index < -0.39 is 0 Å². The van der Waals surface area contributed by atoms with Gasteiger partial charge < -0.3 is 4.90 Å². The molecule has 1 aliphatic rings. The van der Waals surface area contributed by atoms with Crippen LogP contribution in [0.4, 0.5) is 0 Å². The molecule has 0 spiro atoms. The summed E-state index contributed by atoms with van der Waals surface area (Å²) < 4.78 is 0. The lowest BCUT2D eigenvalue weighted by molar-refractivity contribution is -0.132. The minimum atomic E-state index is 0.324. The standard InChI is InChI=1S/C10H19NO.C2H6/c1-3-9-5-7-11(8-6-9)10(12)4-2;1-2/h9H,3-8H2,1-2H3;1-2H3. The van der Waals surface area contributed by atoms with Crippen LogP contribution in [0.3, 0.4) is 0 Å². The van der Waals surface area contributed by atoms with Gasteiger partial charge in [-0.25, -0.2) is 0 Å². The van der Waals surface area contributed by atoms with Gasteiger partial charge in [-0.1, -0.05) is 34.1 Å². The summed E-state index contributed by atoms with van der Waals surface area (Å²) >= 11 is 0. The first-order chi connectivity index (χ1) is 6.77. The van der Waals surface area contributed by atoms with Crippen molar-refractivity contribution in [2.45, 2.75) is 53.4 Å². The van der Waals surface area contributed by atoms with Crippen molar-refractivity contribution in [1.82, 2.24) is 4.90 Å². The molecule has 0 N–H and O–H groups in total. The molecule has 1 amide bonds. The number of carbonyl (C=O) groups is 1. The van der Waals surface area contributed by atoms with Crippen LogP contribution < -0.4 is 0 Å². The average molecular weight is 199 g/mol. The van der Waals surface area contributed by atoms with E-state index >= 15 is 0 Å². The highest BCUT2D eigenvalue weighted by atomic mass is 16.2. The van der Waals surface area contributed by atoms with E-state index in [-0.39, 0.29) is 0 Å². The van der Waals surface area contributed by atoms with Crippen molar-refractivity contribution in [3.8, 4) is 0 Å². The summed E-state index contributed by atoms with van der Waals surface area (Å²) in [5.74, 6) is 1.19. The number of hydrogen-bond acceptors (Lipinski definition) is 1. The Morgan fingerprint density at radius 1 is 1.21 bits per heavy atom. The molecule has 0 bridgehead atoms. The summed E-state index contributed by atoms with van der Waals surface area (Å²) in [6.07, 6.45) is 4.36. The van der Waals surface area contributed by atoms with Crippen LogP contribution in [0.25, 0.3) is 0 Å². The summed E-state index contributed by atoms with van der Waals surface area (Å²) in [7, 11) is 0. The van der Waals surface area contributed by atoms with Crippen molar-refractivity contribution in [3.05, 3.63) is 0 Å². The largest absolute Gasteiger partial charge is 0.343 e. The van der Waals surface area contributed by atoms with E-state index in [9.17, 15) is 4.79 Å². The van der Waals surface area contributed by atoms with Gasteiger partial charge in [0.25, 0.3) is 0 Å². The first-order valence-electron chi connectivity index (χ1n) is 6.05. The molecule has 1 heterocycles. The molecule has 0 saturated carbocycles. The Morgan fingerprint density at radius 3 is 2.07 bits per heavy atom. The van der Waals surface area contributed by atoms with Crippen LogP contribution in [0.5, 0.6) is 0 Å². The fourth-order valence-electron chi connectivity index (χ4n) is 1.81. The van der Waals surface area contributed by atoms with Gasteiger partial charge in [-0.15, -0.1) is 0 Å². The first kappa shape index (κ1) is 13.5. The molecule has 0 aromatic heterocycles. The number of amides is 1. The third-order valence-corrected chi connectivity index (χ3v) is 2.85. The lowest BCUT2D eigenvalue weighted by atomic mass is 9.94. The van der Waals surface area contributed by atoms with Crippen molar-refractivity contribution >= 4 is 5.91 Å². The molecule has 1 fully saturated rings. The molecule has 2 nitrogen and oxygen atoms in total. The SMILES string of the molecule is CC.CCC(=O)N1CCC(CC)CC1. The van der Waals surface area contributed by atoms with Crippen LogP contribution in [0, 0.1) is 5.92 Å². The van der Waals surface area contributed by atoms with Crippen molar-refractivity contribution in [2.75, 3.05) is 13.1 Å². The van der Waals surface area contributed by atoms with Crippen LogP contribution in [-0.2, 0) is 4.79 Å². The predicted octanol–water partition coefficient (Wildman–Crippen LogP) is 3.07. The molecule has 0 aromatic carbocycles. The molecule has 0 aromatic rings. The zero-order chi connectivity index (χ0) is 11.0. The third kappa shape index (κ3) is 4.12. The van der Waals surface area contributed by atoms with E-state index in [4.69, 9.17) is 0 Å². The maximum Gasteiger partial charge on any atom is 0.222 e. The Morgan fingerprint density at radius 2 is 1.71 bits per heavy atom. The Bertz CT molecular complexity index is 148. The molecule has 1 rings (SSSR count). The van der Waals surface area contributed by atoms with Gasteiger partial charge in [-0.3, -0.25) is 4.79 Å². The van der Waals surface area contributed by atoms with E-state index in [0.29, 0.717) is 12.3 Å².